The number of rotatable bonds is 15. The molecule has 7 heteroatoms. The fraction of sp³-hybridized carbons (Fsp3) is 0.679. The minimum atomic E-state index is -0.753. The van der Waals surface area contributed by atoms with Gasteiger partial charge in [-0.1, -0.05) is 76.6 Å². The van der Waals surface area contributed by atoms with Crippen LogP contribution in [0.3, 0.4) is 0 Å². The number of hydrogen-bond donors (Lipinski definition) is 2. The summed E-state index contributed by atoms with van der Waals surface area (Å²) in [5.41, 5.74) is 1.10. The monoisotopic (exact) mass is 489 g/mol. The molecule has 0 saturated carbocycles. The summed E-state index contributed by atoms with van der Waals surface area (Å²) < 4.78 is 5.28. The van der Waals surface area contributed by atoms with Gasteiger partial charge in [0.2, 0.25) is 11.8 Å². The molecule has 1 unspecified atom stereocenters. The average Bonchev–Trinajstić information content (AvgIpc) is 2.79. The highest BCUT2D eigenvalue weighted by Gasteiger charge is 2.32. The molecule has 1 aromatic carbocycles. The molecule has 0 radical (unpaired) electrons. The molecule has 198 valence electrons. The van der Waals surface area contributed by atoms with E-state index in [1.165, 1.54) is 0 Å². The van der Waals surface area contributed by atoms with Crippen LogP contribution in [-0.2, 0) is 14.3 Å². The van der Waals surface area contributed by atoms with E-state index in [4.69, 9.17) is 4.74 Å². The van der Waals surface area contributed by atoms with Gasteiger partial charge in [-0.05, 0) is 51.7 Å². The molecule has 0 aromatic heterocycles. The predicted octanol–water partition coefficient (Wildman–Crippen LogP) is 5.67. The lowest BCUT2D eigenvalue weighted by Crippen LogP contribution is -2.48. The normalized spacial score (nSPS) is 12.1. The van der Waals surface area contributed by atoms with E-state index in [1.54, 1.807) is 25.7 Å². The number of nitrogens with zero attached hydrogens (tertiary/aromatic N) is 1. The molecule has 35 heavy (non-hydrogen) atoms. The maximum Gasteiger partial charge on any atom is 0.408 e. The highest BCUT2D eigenvalue weighted by Crippen LogP contribution is 2.25. The Labute approximate surface area is 212 Å². The van der Waals surface area contributed by atoms with E-state index < -0.39 is 17.7 Å². The third-order valence-electron chi connectivity index (χ3n) is 5.73. The van der Waals surface area contributed by atoms with Gasteiger partial charge in [0.25, 0.3) is 0 Å². The molecule has 0 spiro atoms. The molecule has 0 heterocycles. The highest BCUT2D eigenvalue weighted by atomic mass is 16.6. The fourth-order valence-corrected chi connectivity index (χ4v) is 3.87. The second-order valence-electron chi connectivity index (χ2n) is 10.1. The zero-order valence-corrected chi connectivity index (χ0v) is 22.7. The van der Waals surface area contributed by atoms with Crippen molar-refractivity contribution in [2.45, 2.75) is 105 Å². The van der Waals surface area contributed by atoms with E-state index in [2.05, 4.69) is 24.5 Å². The first-order valence-electron chi connectivity index (χ1n) is 13.2. The van der Waals surface area contributed by atoms with Crippen molar-refractivity contribution in [2.75, 3.05) is 19.6 Å². The molecule has 1 aromatic rings. The molecular weight excluding hydrogens is 442 g/mol. The largest absolute Gasteiger partial charge is 0.444 e. The summed E-state index contributed by atoms with van der Waals surface area (Å²) in [6.07, 6.45) is 7.50. The molecule has 1 rings (SSSR count). The Morgan fingerprint density at radius 1 is 0.914 bits per heavy atom. The predicted molar refractivity (Wildman–Crippen MR) is 141 cm³/mol. The van der Waals surface area contributed by atoms with Gasteiger partial charge in [0, 0.05) is 13.1 Å². The lowest BCUT2D eigenvalue weighted by Gasteiger charge is -2.32. The minimum absolute atomic E-state index is 0.186. The molecule has 7 nitrogen and oxygen atoms in total. The van der Waals surface area contributed by atoms with Gasteiger partial charge in [0.05, 0.1) is 0 Å². The molecule has 0 aliphatic heterocycles. The van der Waals surface area contributed by atoms with Crippen molar-refractivity contribution in [3.05, 3.63) is 35.4 Å². The summed E-state index contributed by atoms with van der Waals surface area (Å²) in [6.45, 7) is 12.3. The number of carbonyl (C=O) groups excluding carboxylic acids is 3. The number of carbonyl (C=O) groups is 3. The molecule has 0 saturated heterocycles. The number of amides is 3. The van der Waals surface area contributed by atoms with Crippen molar-refractivity contribution in [3.63, 3.8) is 0 Å². The molecule has 0 fully saturated rings. The first-order chi connectivity index (χ1) is 16.6. The number of benzene rings is 1. The van der Waals surface area contributed by atoms with Gasteiger partial charge in [-0.15, -0.1) is 0 Å². The Morgan fingerprint density at radius 2 is 1.54 bits per heavy atom. The van der Waals surface area contributed by atoms with Gasteiger partial charge in [0.15, 0.2) is 0 Å². The van der Waals surface area contributed by atoms with Crippen molar-refractivity contribution in [1.29, 1.82) is 0 Å². The maximum absolute atomic E-state index is 13.4. The quantitative estimate of drug-likeness (QED) is 0.311. The molecule has 0 aliphatic rings. The molecule has 2 N–H and O–H groups in total. The van der Waals surface area contributed by atoms with Crippen molar-refractivity contribution in [2.24, 2.45) is 0 Å². The summed E-state index contributed by atoms with van der Waals surface area (Å²) in [5, 5.41) is 5.61. The smallest absolute Gasteiger partial charge is 0.408 e. The van der Waals surface area contributed by atoms with Gasteiger partial charge < -0.3 is 20.3 Å². The van der Waals surface area contributed by atoms with Crippen LogP contribution in [0.2, 0.25) is 0 Å². The molecule has 3 amide bonds. The topological polar surface area (TPSA) is 87.7 Å². The van der Waals surface area contributed by atoms with Crippen LogP contribution in [0.25, 0.3) is 0 Å². The third kappa shape index (κ3) is 12.1. The van der Waals surface area contributed by atoms with Crippen LogP contribution in [0.4, 0.5) is 4.79 Å². The standard InChI is InChI=1S/C28H47N3O4/c1-7-9-11-12-16-20-31(24(32)21-30-27(34)35-28(4,5)6)25(23-18-14-13-17-22(23)3)26(33)29-19-15-10-8-2/h13-14,17-18,25H,7-12,15-16,19-21H2,1-6H3,(H,29,33)(H,30,34). The number of hydrogen-bond acceptors (Lipinski definition) is 4. The summed E-state index contributed by atoms with van der Waals surface area (Å²) in [5.74, 6) is -0.488. The molecule has 0 aliphatic carbocycles. The Kier molecular flexibility index (Phi) is 14.1. The first-order valence-corrected chi connectivity index (χ1v) is 13.2. The van der Waals surface area contributed by atoms with Crippen molar-refractivity contribution in [1.82, 2.24) is 15.5 Å². The Balaban J connectivity index is 3.13. The van der Waals surface area contributed by atoms with Crippen LogP contribution in [0.15, 0.2) is 24.3 Å². The van der Waals surface area contributed by atoms with Crippen molar-refractivity contribution in [3.8, 4) is 0 Å². The Morgan fingerprint density at radius 3 is 2.17 bits per heavy atom. The number of nitrogens with one attached hydrogen (secondary N) is 2. The second-order valence-corrected chi connectivity index (χ2v) is 10.1. The summed E-state index contributed by atoms with van der Waals surface area (Å²) in [6, 6.07) is 6.93. The summed E-state index contributed by atoms with van der Waals surface area (Å²) >= 11 is 0. The lowest BCUT2D eigenvalue weighted by molar-refractivity contribution is -0.140. The van der Waals surface area contributed by atoms with Crippen LogP contribution >= 0.6 is 0 Å². The van der Waals surface area contributed by atoms with E-state index in [0.717, 1.165) is 62.5 Å². The maximum atomic E-state index is 13.4. The Hall–Kier alpha value is -2.57. The minimum Gasteiger partial charge on any atom is -0.444 e. The first kappa shape index (κ1) is 30.5. The Bertz CT molecular complexity index is 789. The molecule has 1 atom stereocenters. The number of ether oxygens (including phenoxy) is 1. The van der Waals surface area contributed by atoms with Gasteiger partial charge in [0.1, 0.15) is 18.2 Å². The van der Waals surface area contributed by atoms with Gasteiger partial charge in [-0.2, -0.15) is 0 Å². The number of unbranched alkanes of at least 4 members (excludes halogenated alkanes) is 6. The molecular formula is C28H47N3O4. The lowest BCUT2D eigenvalue weighted by atomic mass is 9.98. The van der Waals surface area contributed by atoms with E-state index in [1.807, 2.05) is 31.2 Å². The van der Waals surface area contributed by atoms with Crippen molar-refractivity contribution < 1.29 is 19.1 Å². The van der Waals surface area contributed by atoms with Gasteiger partial charge in [-0.3, -0.25) is 9.59 Å². The van der Waals surface area contributed by atoms with Gasteiger partial charge >= 0.3 is 6.09 Å². The van der Waals surface area contributed by atoms with E-state index in [-0.39, 0.29) is 18.4 Å². The van der Waals surface area contributed by atoms with Crippen LogP contribution in [0.1, 0.15) is 103 Å². The van der Waals surface area contributed by atoms with Crippen LogP contribution in [0.5, 0.6) is 0 Å². The van der Waals surface area contributed by atoms with E-state index in [0.29, 0.717) is 13.1 Å². The van der Waals surface area contributed by atoms with Crippen LogP contribution in [0, 0.1) is 6.92 Å². The van der Waals surface area contributed by atoms with Crippen molar-refractivity contribution >= 4 is 17.9 Å². The third-order valence-corrected chi connectivity index (χ3v) is 5.73. The van der Waals surface area contributed by atoms with Gasteiger partial charge in [-0.25, -0.2) is 4.79 Å². The average molecular weight is 490 g/mol. The zero-order valence-electron chi connectivity index (χ0n) is 22.7. The molecule has 0 bridgehead atoms. The number of alkyl carbamates (subject to hydrolysis) is 1. The summed E-state index contributed by atoms with van der Waals surface area (Å²) in [4.78, 5) is 40.7. The number of aryl methyl sites for hydroxylation is 1. The highest BCUT2D eigenvalue weighted by molar-refractivity contribution is 5.90. The fourth-order valence-electron chi connectivity index (χ4n) is 3.87. The SMILES string of the molecule is CCCCCCCN(C(=O)CNC(=O)OC(C)(C)C)C(C(=O)NCCCCC)c1ccccc1C. The van der Waals surface area contributed by atoms with E-state index >= 15 is 0 Å². The van der Waals surface area contributed by atoms with Crippen LogP contribution < -0.4 is 10.6 Å². The van der Waals surface area contributed by atoms with E-state index in [9.17, 15) is 14.4 Å². The second kappa shape index (κ2) is 16.2. The van der Waals surface area contributed by atoms with Crippen LogP contribution in [-0.4, -0.2) is 48.0 Å². The zero-order chi connectivity index (χ0) is 26.3. The summed E-state index contributed by atoms with van der Waals surface area (Å²) in [7, 11) is 0.